The number of nitrogens with zero attached hydrogens (tertiary/aromatic N) is 3. The summed E-state index contributed by atoms with van der Waals surface area (Å²) in [5.41, 5.74) is -0.601. The highest BCUT2D eigenvalue weighted by molar-refractivity contribution is 5.94. The molecule has 0 unspecified atom stereocenters. The molecule has 1 aliphatic heterocycles. The Hall–Kier alpha value is -2.88. The zero-order valence-electron chi connectivity index (χ0n) is 15.8. The minimum Gasteiger partial charge on any atom is -0.361 e. The highest BCUT2D eigenvalue weighted by Crippen LogP contribution is 2.29. The number of aromatic nitrogens is 1. The van der Waals surface area contributed by atoms with E-state index < -0.39 is 17.6 Å². The first-order valence-corrected chi connectivity index (χ1v) is 9.14. The zero-order chi connectivity index (χ0) is 21.0. The summed E-state index contributed by atoms with van der Waals surface area (Å²) in [7, 11) is 0. The van der Waals surface area contributed by atoms with Crippen molar-refractivity contribution in [1.82, 2.24) is 20.3 Å². The molecule has 1 aliphatic rings. The first-order chi connectivity index (χ1) is 13.7. The van der Waals surface area contributed by atoms with E-state index in [1.807, 2.05) is 0 Å². The number of alkyl halides is 3. The largest absolute Gasteiger partial charge is 0.416 e. The number of piperazine rings is 1. The van der Waals surface area contributed by atoms with Crippen LogP contribution in [-0.4, -0.2) is 66.0 Å². The second kappa shape index (κ2) is 8.64. The number of carbonyl (C=O) groups excluding carboxylic acids is 2. The van der Waals surface area contributed by atoms with Crippen LogP contribution in [0, 0.1) is 6.92 Å². The van der Waals surface area contributed by atoms with Gasteiger partial charge in [-0.3, -0.25) is 14.5 Å². The van der Waals surface area contributed by atoms with Gasteiger partial charge < -0.3 is 14.7 Å². The Bertz CT molecular complexity index is 874. The smallest absolute Gasteiger partial charge is 0.361 e. The van der Waals surface area contributed by atoms with Gasteiger partial charge >= 0.3 is 6.18 Å². The van der Waals surface area contributed by atoms with Crippen LogP contribution in [-0.2, 0) is 6.18 Å². The molecule has 2 amide bonds. The third-order valence-electron chi connectivity index (χ3n) is 4.67. The van der Waals surface area contributed by atoms with Gasteiger partial charge in [0.25, 0.3) is 11.8 Å². The number of nitrogens with one attached hydrogen (secondary N) is 1. The lowest BCUT2D eigenvalue weighted by molar-refractivity contribution is -0.137. The predicted molar refractivity (Wildman–Crippen MR) is 97.4 cm³/mol. The van der Waals surface area contributed by atoms with Gasteiger partial charge in [-0.05, 0) is 25.1 Å². The summed E-state index contributed by atoms with van der Waals surface area (Å²) >= 11 is 0. The topological polar surface area (TPSA) is 78.7 Å². The van der Waals surface area contributed by atoms with Crippen molar-refractivity contribution in [3.8, 4) is 0 Å². The van der Waals surface area contributed by atoms with Crippen molar-refractivity contribution in [2.75, 3.05) is 39.3 Å². The predicted octanol–water partition coefficient (Wildman–Crippen LogP) is 2.19. The summed E-state index contributed by atoms with van der Waals surface area (Å²) < 4.78 is 43.2. The van der Waals surface area contributed by atoms with Crippen LogP contribution in [0.15, 0.2) is 34.9 Å². The highest BCUT2D eigenvalue weighted by Gasteiger charge is 2.31. The van der Waals surface area contributed by atoms with E-state index in [0.717, 1.165) is 12.1 Å². The SMILES string of the molecule is Cc1cc(C(=O)N2CCN(CCNC(=O)c3cccc(C(F)(F)F)c3)CC2)no1. The van der Waals surface area contributed by atoms with Crippen LogP contribution in [0.2, 0.25) is 0 Å². The molecule has 0 spiro atoms. The number of halogens is 3. The molecule has 0 radical (unpaired) electrons. The van der Waals surface area contributed by atoms with Crippen molar-refractivity contribution in [2.45, 2.75) is 13.1 Å². The molecule has 0 bridgehead atoms. The number of rotatable bonds is 5. The number of carbonyl (C=O) groups is 2. The zero-order valence-corrected chi connectivity index (χ0v) is 15.8. The van der Waals surface area contributed by atoms with E-state index in [1.54, 1.807) is 17.9 Å². The summed E-state index contributed by atoms with van der Waals surface area (Å²) in [5, 5.41) is 6.37. The number of hydrogen-bond acceptors (Lipinski definition) is 5. The minimum absolute atomic E-state index is 0.0295. The van der Waals surface area contributed by atoms with E-state index >= 15 is 0 Å². The molecule has 0 aliphatic carbocycles. The molecule has 3 rings (SSSR count). The number of amides is 2. The second-order valence-corrected chi connectivity index (χ2v) is 6.79. The van der Waals surface area contributed by atoms with Gasteiger partial charge in [0.2, 0.25) is 0 Å². The maximum atomic E-state index is 12.7. The summed E-state index contributed by atoms with van der Waals surface area (Å²) in [6.45, 7) is 4.85. The van der Waals surface area contributed by atoms with Gasteiger partial charge in [0, 0.05) is 50.9 Å². The van der Waals surface area contributed by atoms with Crippen molar-refractivity contribution >= 4 is 11.8 Å². The first-order valence-electron chi connectivity index (χ1n) is 9.14. The maximum Gasteiger partial charge on any atom is 0.416 e. The third kappa shape index (κ3) is 5.35. The molecule has 156 valence electrons. The Balaban J connectivity index is 1.43. The molecule has 1 fully saturated rings. The summed E-state index contributed by atoms with van der Waals surface area (Å²) in [4.78, 5) is 28.2. The first kappa shape index (κ1) is 20.8. The minimum atomic E-state index is -4.49. The van der Waals surface area contributed by atoms with Gasteiger partial charge in [-0.15, -0.1) is 0 Å². The molecular formula is C19H21F3N4O3. The van der Waals surface area contributed by atoms with E-state index in [-0.39, 0.29) is 17.2 Å². The maximum absolute atomic E-state index is 12.7. The van der Waals surface area contributed by atoms with E-state index in [0.29, 0.717) is 45.0 Å². The van der Waals surface area contributed by atoms with E-state index in [4.69, 9.17) is 4.52 Å². The van der Waals surface area contributed by atoms with Gasteiger partial charge in [0.1, 0.15) is 5.76 Å². The van der Waals surface area contributed by atoms with Gasteiger partial charge in [-0.2, -0.15) is 13.2 Å². The molecule has 0 saturated carbocycles. The number of hydrogen-bond donors (Lipinski definition) is 1. The highest BCUT2D eigenvalue weighted by atomic mass is 19.4. The molecular weight excluding hydrogens is 389 g/mol. The average molecular weight is 410 g/mol. The summed E-state index contributed by atoms with van der Waals surface area (Å²) in [6.07, 6.45) is -4.49. The molecule has 1 saturated heterocycles. The van der Waals surface area contributed by atoms with Crippen LogP contribution in [0.3, 0.4) is 0 Å². The van der Waals surface area contributed by atoms with Gasteiger partial charge in [0.15, 0.2) is 5.69 Å². The van der Waals surface area contributed by atoms with Crippen molar-refractivity contribution < 1.29 is 27.3 Å². The fourth-order valence-corrected chi connectivity index (χ4v) is 3.07. The van der Waals surface area contributed by atoms with Crippen LogP contribution in [0.4, 0.5) is 13.2 Å². The van der Waals surface area contributed by atoms with Crippen molar-refractivity contribution in [1.29, 1.82) is 0 Å². The molecule has 0 atom stereocenters. The monoisotopic (exact) mass is 410 g/mol. The Morgan fingerprint density at radius 1 is 1.17 bits per heavy atom. The number of benzene rings is 1. The van der Waals surface area contributed by atoms with Crippen LogP contribution in [0.5, 0.6) is 0 Å². The van der Waals surface area contributed by atoms with E-state index in [2.05, 4.69) is 15.4 Å². The van der Waals surface area contributed by atoms with Crippen LogP contribution < -0.4 is 5.32 Å². The molecule has 2 heterocycles. The Labute approximate surface area is 165 Å². The fraction of sp³-hybridized carbons (Fsp3) is 0.421. The molecule has 1 aromatic carbocycles. The summed E-state index contributed by atoms with van der Waals surface area (Å²) in [6, 6.07) is 5.92. The van der Waals surface area contributed by atoms with Gasteiger partial charge in [-0.1, -0.05) is 11.2 Å². The lowest BCUT2D eigenvalue weighted by Crippen LogP contribution is -2.50. The molecule has 7 nitrogen and oxygen atoms in total. The van der Waals surface area contributed by atoms with Gasteiger partial charge in [0.05, 0.1) is 5.56 Å². The second-order valence-electron chi connectivity index (χ2n) is 6.79. The lowest BCUT2D eigenvalue weighted by atomic mass is 10.1. The normalized spacial score (nSPS) is 15.4. The van der Waals surface area contributed by atoms with Crippen molar-refractivity contribution in [3.05, 3.63) is 52.9 Å². The molecule has 10 heteroatoms. The summed E-state index contributed by atoms with van der Waals surface area (Å²) in [5.74, 6) is -0.158. The fourth-order valence-electron chi connectivity index (χ4n) is 3.07. The molecule has 1 aromatic heterocycles. The van der Waals surface area contributed by atoms with E-state index in [1.165, 1.54) is 12.1 Å². The average Bonchev–Trinajstić information content (AvgIpc) is 3.13. The Morgan fingerprint density at radius 2 is 1.90 bits per heavy atom. The number of aryl methyl sites for hydroxylation is 1. The third-order valence-corrected chi connectivity index (χ3v) is 4.67. The van der Waals surface area contributed by atoms with Crippen molar-refractivity contribution in [2.24, 2.45) is 0 Å². The van der Waals surface area contributed by atoms with Crippen LogP contribution in [0.25, 0.3) is 0 Å². The van der Waals surface area contributed by atoms with Crippen LogP contribution in [0.1, 0.15) is 32.2 Å². The Morgan fingerprint density at radius 3 is 2.52 bits per heavy atom. The Kier molecular flexibility index (Phi) is 6.21. The molecule has 29 heavy (non-hydrogen) atoms. The lowest BCUT2D eigenvalue weighted by Gasteiger charge is -2.34. The quantitative estimate of drug-likeness (QED) is 0.818. The molecule has 2 aromatic rings. The van der Waals surface area contributed by atoms with Crippen molar-refractivity contribution in [3.63, 3.8) is 0 Å². The standard InChI is InChI=1S/C19H21F3N4O3/c1-13-11-16(24-29-13)18(28)26-9-7-25(8-10-26)6-5-23-17(27)14-3-2-4-15(12-14)19(20,21)22/h2-4,11-12H,5-10H2,1H3,(H,23,27). The molecule has 1 N–H and O–H groups in total. The van der Waals surface area contributed by atoms with E-state index in [9.17, 15) is 22.8 Å². The van der Waals surface area contributed by atoms with Gasteiger partial charge in [-0.25, -0.2) is 0 Å². The van der Waals surface area contributed by atoms with Crippen LogP contribution >= 0.6 is 0 Å².